The van der Waals surface area contributed by atoms with Crippen molar-refractivity contribution in [2.24, 2.45) is 0 Å². The third-order valence-corrected chi connectivity index (χ3v) is 4.14. The molecular formula is C13H10BrN3O2S2. The van der Waals surface area contributed by atoms with E-state index in [1.165, 1.54) is 11.3 Å². The Morgan fingerprint density at radius 1 is 1.05 bits per heavy atom. The maximum atomic E-state index is 12.0. The zero-order chi connectivity index (χ0) is 15.2. The predicted octanol–water partition coefficient (Wildman–Crippen LogP) is 2.46. The second-order valence-electron chi connectivity index (χ2n) is 3.82. The molecule has 1 aromatic carbocycles. The number of hydrogen-bond acceptors (Lipinski definition) is 4. The number of amides is 2. The lowest BCUT2D eigenvalue weighted by Crippen LogP contribution is -2.48. The molecular weight excluding hydrogens is 374 g/mol. The van der Waals surface area contributed by atoms with E-state index >= 15 is 0 Å². The lowest BCUT2D eigenvalue weighted by atomic mass is 10.2. The van der Waals surface area contributed by atoms with Crippen LogP contribution < -0.4 is 16.2 Å². The van der Waals surface area contributed by atoms with Gasteiger partial charge in [-0.3, -0.25) is 25.8 Å². The molecule has 108 valence electrons. The van der Waals surface area contributed by atoms with Gasteiger partial charge in [0.25, 0.3) is 11.8 Å². The van der Waals surface area contributed by atoms with Crippen molar-refractivity contribution >= 4 is 56.4 Å². The van der Waals surface area contributed by atoms with Crippen LogP contribution in [0.15, 0.2) is 46.3 Å². The maximum absolute atomic E-state index is 12.0. The van der Waals surface area contributed by atoms with Gasteiger partial charge in [-0.15, -0.1) is 11.3 Å². The van der Waals surface area contributed by atoms with Gasteiger partial charge >= 0.3 is 0 Å². The highest BCUT2D eigenvalue weighted by atomic mass is 79.9. The quantitative estimate of drug-likeness (QED) is 0.550. The van der Waals surface area contributed by atoms with E-state index in [9.17, 15) is 9.59 Å². The second-order valence-corrected chi connectivity index (χ2v) is 6.03. The molecule has 8 heteroatoms. The molecule has 0 aliphatic heterocycles. The molecule has 2 aromatic rings. The smallest absolute Gasteiger partial charge is 0.279 e. The summed E-state index contributed by atoms with van der Waals surface area (Å²) in [5, 5.41) is 4.29. The molecule has 2 amide bonds. The topological polar surface area (TPSA) is 70.2 Å². The Kier molecular flexibility index (Phi) is 5.43. The number of thiocarbonyl (C=S) groups is 1. The largest absolute Gasteiger partial charge is 0.298 e. The maximum Gasteiger partial charge on any atom is 0.279 e. The number of hydrazine groups is 1. The van der Waals surface area contributed by atoms with Gasteiger partial charge in [0.2, 0.25) is 0 Å². The van der Waals surface area contributed by atoms with Crippen molar-refractivity contribution in [3.63, 3.8) is 0 Å². The molecule has 5 nitrogen and oxygen atoms in total. The molecule has 1 heterocycles. The molecule has 0 aliphatic carbocycles. The third kappa shape index (κ3) is 4.35. The van der Waals surface area contributed by atoms with Crippen LogP contribution >= 0.6 is 39.5 Å². The van der Waals surface area contributed by atoms with Gasteiger partial charge in [-0.1, -0.05) is 18.2 Å². The van der Waals surface area contributed by atoms with Gasteiger partial charge < -0.3 is 0 Å². The van der Waals surface area contributed by atoms with Crippen LogP contribution in [0.25, 0.3) is 0 Å². The summed E-state index contributed by atoms with van der Waals surface area (Å²) in [6, 6.07) is 10.4. The Labute approximate surface area is 138 Å². The average Bonchev–Trinajstić information content (AvgIpc) is 2.99. The summed E-state index contributed by atoms with van der Waals surface area (Å²) in [6.45, 7) is 0. The number of carbonyl (C=O) groups is 2. The minimum atomic E-state index is -0.370. The molecule has 0 radical (unpaired) electrons. The zero-order valence-electron chi connectivity index (χ0n) is 10.6. The average molecular weight is 384 g/mol. The number of nitrogens with one attached hydrogen (secondary N) is 3. The van der Waals surface area contributed by atoms with Crippen LogP contribution in [-0.4, -0.2) is 16.9 Å². The number of carbonyl (C=O) groups excluding carboxylic acids is 2. The van der Waals surface area contributed by atoms with Crippen LogP contribution in [0, 0.1) is 0 Å². The monoisotopic (exact) mass is 383 g/mol. The number of thiophene rings is 1. The standard InChI is InChI=1S/C13H10BrN3O2S2/c14-9-5-2-1-4-8(9)11(18)15-13(20)17-16-12(19)10-6-3-7-21-10/h1-7H,(H,16,19)(H2,15,17,18,20). The Morgan fingerprint density at radius 3 is 2.48 bits per heavy atom. The Bertz CT molecular complexity index is 674. The van der Waals surface area contributed by atoms with E-state index in [2.05, 4.69) is 32.1 Å². The van der Waals surface area contributed by atoms with Crippen molar-refractivity contribution in [3.05, 3.63) is 56.7 Å². The highest BCUT2D eigenvalue weighted by molar-refractivity contribution is 9.10. The van der Waals surface area contributed by atoms with Gasteiger partial charge in [-0.25, -0.2) is 0 Å². The third-order valence-electron chi connectivity index (χ3n) is 2.38. The van der Waals surface area contributed by atoms with Gasteiger partial charge in [-0.2, -0.15) is 0 Å². The molecule has 0 saturated heterocycles. The summed E-state index contributed by atoms with van der Waals surface area (Å²) in [6.07, 6.45) is 0. The van der Waals surface area contributed by atoms with E-state index < -0.39 is 0 Å². The molecule has 21 heavy (non-hydrogen) atoms. The summed E-state index contributed by atoms with van der Waals surface area (Å²) in [5.41, 5.74) is 5.34. The van der Waals surface area contributed by atoms with Gasteiger partial charge in [-0.05, 0) is 51.7 Å². The highest BCUT2D eigenvalue weighted by Crippen LogP contribution is 2.15. The van der Waals surface area contributed by atoms with Crippen LogP contribution in [0.1, 0.15) is 20.0 Å². The van der Waals surface area contributed by atoms with Crippen molar-refractivity contribution in [1.82, 2.24) is 16.2 Å². The molecule has 3 N–H and O–H groups in total. The minimum Gasteiger partial charge on any atom is -0.298 e. The van der Waals surface area contributed by atoms with E-state index in [4.69, 9.17) is 12.2 Å². The summed E-state index contributed by atoms with van der Waals surface area (Å²) < 4.78 is 0.660. The first-order valence-electron chi connectivity index (χ1n) is 5.77. The molecule has 0 unspecified atom stereocenters. The normalized spacial score (nSPS) is 9.76. The number of benzene rings is 1. The molecule has 0 atom stereocenters. The summed E-state index contributed by atoms with van der Waals surface area (Å²) in [5.74, 6) is -0.687. The van der Waals surface area contributed by atoms with Gasteiger partial charge in [0.05, 0.1) is 10.4 Å². The molecule has 2 rings (SSSR count). The molecule has 0 saturated carbocycles. The van der Waals surface area contributed by atoms with Crippen molar-refractivity contribution in [2.45, 2.75) is 0 Å². The van der Waals surface area contributed by atoms with Crippen molar-refractivity contribution in [2.75, 3.05) is 0 Å². The number of halogens is 1. The number of rotatable bonds is 2. The first-order valence-corrected chi connectivity index (χ1v) is 7.85. The van der Waals surface area contributed by atoms with Crippen molar-refractivity contribution in [3.8, 4) is 0 Å². The first kappa shape index (κ1) is 15.6. The fraction of sp³-hybridized carbons (Fsp3) is 0. The zero-order valence-corrected chi connectivity index (χ0v) is 13.8. The minimum absolute atomic E-state index is 0.0145. The van der Waals surface area contributed by atoms with Crippen LogP contribution in [0.2, 0.25) is 0 Å². The SMILES string of the molecule is O=C(NNC(=S)NC(=O)c1ccccc1Br)c1cccs1. The molecule has 1 aromatic heterocycles. The fourth-order valence-corrected chi connectivity index (χ4v) is 2.66. The highest BCUT2D eigenvalue weighted by Gasteiger charge is 2.11. The second kappa shape index (κ2) is 7.30. The fourth-order valence-electron chi connectivity index (χ4n) is 1.43. The van der Waals surface area contributed by atoms with Crippen molar-refractivity contribution < 1.29 is 9.59 Å². The van der Waals surface area contributed by atoms with E-state index in [-0.39, 0.29) is 16.9 Å². The van der Waals surface area contributed by atoms with Gasteiger partial charge in [0, 0.05) is 4.47 Å². The van der Waals surface area contributed by atoms with E-state index in [0.29, 0.717) is 14.9 Å². The molecule has 0 bridgehead atoms. The van der Waals surface area contributed by atoms with Crippen LogP contribution in [0.4, 0.5) is 0 Å². The molecule has 0 aliphatic rings. The summed E-state index contributed by atoms with van der Waals surface area (Å²) >= 11 is 9.54. The van der Waals surface area contributed by atoms with Crippen LogP contribution in [-0.2, 0) is 0 Å². The Hall–Kier alpha value is -1.77. The lowest BCUT2D eigenvalue weighted by Gasteiger charge is -2.10. The van der Waals surface area contributed by atoms with E-state index in [1.54, 1.807) is 41.8 Å². The summed E-state index contributed by atoms with van der Waals surface area (Å²) in [7, 11) is 0. The Balaban J connectivity index is 1.86. The van der Waals surface area contributed by atoms with E-state index in [0.717, 1.165) is 0 Å². The number of hydrogen-bond donors (Lipinski definition) is 3. The molecule has 0 spiro atoms. The lowest BCUT2D eigenvalue weighted by molar-refractivity contribution is 0.0937. The van der Waals surface area contributed by atoms with E-state index in [1.807, 2.05) is 0 Å². The molecule has 0 fully saturated rings. The first-order chi connectivity index (χ1) is 10.1. The van der Waals surface area contributed by atoms with Crippen LogP contribution in [0.5, 0.6) is 0 Å². The Morgan fingerprint density at radius 2 is 1.81 bits per heavy atom. The van der Waals surface area contributed by atoms with Crippen molar-refractivity contribution in [1.29, 1.82) is 0 Å². The van der Waals surface area contributed by atoms with Gasteiger partial charge in [0.15, 0.2) is 5.11 Å². The van der Waals surface area contributed by atoms with Gasteiger partial charge in [0.1, 0.15) is 0 Å². The van der Waals surface area contributed by atoms with Crippen LogP contribution in [0.3, 0.4) is 0 Å². The predicted molar refractivity (Wildman–Crippen MR) is 89.1 cm³/mol. The summed E-state index contributed by atoms with van der Waals surface area (Å²) in [4.78, 5) is 24.2.